The van der Waals surface area contributed by atoms with Crippen LogP contribution < -0.4 is 10.6 Å². The van der Waals surface area contributed by atoms with Gasteiger partial charge in [-0.1, -0.05) is 15.9 Å². The second-order valence-corrected chi connectivity index (χ2v) is 8.24. The van der Waals surface area contributed by atoms with Gasteiger partial charge in [-0.05, 0) is 55.0 Å². The molecule has 0 saturated carbocycles. The fourth-order valence-electron chi connectivity index (χ4n) is 3.06. The van der Waals surface area contributed by atoms with E-state index < -0.39 is 0 Å². The number of amides is 2. The highest BCUT2D eigenvalue weighted by molar-refractivity contribution is 9.10. The number of aryl methyl sites for hydroxylation is 1. The van der Waals surface area contributed by atoms with Gasteiger partial charge < -0.3 is 10.6 Å². The van der Waals surface area contributed by atoms with Crippen LogP contribution >= 0.6 is 27.3 Å². The number of rotatable bonds is 5. The fourth-order valence-corrected chi connectivity index (χ4v) is 4.17. The Hall–Kier alpha value is -1.70. The molecule has 1 aliphatic heterocycles. The summed E-state index contributed by atoms with van der Waals surface area (Å²) in [5, 5.41) is 9.83. The van der Waals surface area contributed by atoms with Crippen LogP contribution in [0.5, 0.6) is 0 Å². The Morgan fingerprint density at radius 3 is 2.69 bits per heavy atom. The lowest BCUT2D eigenvalue weighted by Gasteiger charge is -2.31. The Balaban J connectivity index is 1.43. The van der Waals surface area contributed by atoms with Crippen molar-refractivity contribution in [3.05, 3.63) is 50.6 Å². The minimum Gasteiger partial charge on any atom is -0.349 e. The number of anilines is 1. The van der Waals surface area contributed by atoms with Crippen LogP contribution in [-0.2, 0) is 4.79 Å². The molecule has 0 radical (unpaired) electrons. The number of piperidine rings is 1. The lowest BCUT2D eigenvalue weighted by Crippen LogP contribution is -2.46. The maximum atomic E-state index is 12.3. The van der Waals surface area contributed by atoms with Crippen LogP contribution in [0.4, 0.5) is 5.69 Å². The van der Waals surface area contributed by atoms with E-state index in [1.54, 1.807) is 0 Å². The van der Waals surface area contributed by atoms with Crippen molar-refractivity contribution >= 4 is 44.8 Å². The molecule has 0 atom stereocenters. The number of carbonyl (C=O) groups excluding carboxylic acids is 2. The minimum atomic E-state index is -0.00634. The highest BCUT2D eigenvalue weighted by Crippen LogP contribution is 2.20. The number of hydrogen-bond donors (Lipinski definition) is 2. The number of nitrogens with zero attached hydrogens (tertiary/aromatic N) is 1. The van der Waals surface area contributed by atoms with Crippen LogP contribution in [0.1, 0.15) is 28.8 Å². The van der Waals surface area contributed by atoms with Crippen molar-refractivity contribution in [3.63, 3.8) is 0 Å². The van der Waals surface area contributed by atoms with Crippen LogP contribution in [-0.4, -0.2) is 42.4 Å². The van der Waals surface area contributed by atoms with E-state index in [4.69, 9.17) is 0 Å². The average molecular weight is 436 g/mol. The normalized spacial score (nSPS) is 15.6. The molecule has 1 fully saturated rings. The number of likely N-dealkylation sites (tertiary alicyclic amines) is 1. The average Bonchev–Trinajstić information content (AvgIpc) is 3.14. The fraction of sp³-hybridized carbons (Fsp3) is 0.368. The van der Waals surface area contributed by atoms with E-state index in [9.17, 15) is 9.59 Å². The summed E-state index contributed by atoms with van der Waals surface area (Å²) in [5.41, 5.74) is 2.60. The van der Waals surface area contributed by atoms with Crippen molar-refractivity contribution in [2.75, 3.05) is 25.0 Å². The third-order valence-electron chi connectivity index (χ3n) is 4.54. The minimum absolute atomic E-state index is 0.00354. The van der Waals surface area contributed by atoms with Crippen molar-refractivity contribution < 1.29 is 9.59 Å². The molecule has 3 rings (SSSR count). The van der Waals surface area contributed by atoms with Crippen molar-refractivity contribution in [2.24, 2.45) is 0 Å². The maximum Gasteiger partial charge on any atom is 0.252 e. The van der Waals surface area contributed by atoms with Gasteiger partial charge in [-0.15, -0.1) is 0 Å². The number of carbonyl (C=O) groups is 2. The predicted molar refractivity (Wildman–Crippen MR) is 109 cm³/mol. The van der Waals surface area contributed by atoms with Gasteiger partial charge in [0.15, 0.2) is 0 Å². The van der Waals surface area contributed by atoms with E-state index >= 15 is 0 Å². The van der Waals surface area contributed by atoms with Gasteiger partial charge in [-0.3, -0.25) is 14.5 Å². The van der Waals surface area contributed by atoms with Gasteiger partial charge >= 0.3 is 0 Å². The molecule has 1 aliphatic rings. The summed E-state index contributed by atoms with van der Waals surface area (Å²) in [6.07, 6.45) is 1.72. The predicted octanol–water partition coefficient (Wildman–Crippen LogP) is 3.65. The van der Waals surface area contributed by atoms with E-state index in [0.29, 0.717) is 6.54 Å². The van der Waals surface area contributed by atoms with Gasteiger partial charge in [-0.2, -0.15) is 11.3 Å². The summed E-state index contributed by atoms with van der Waals surface area (Å²) in [6, 6.07) is 7.82. The molecule has 0 spiro atoms. The summed E-state index contributed by atoms with van der Waals surface area (Å²) in [7, 11) is 0. The molecule has 2 amide bonds. The molecule has 2 aromatic rings. The van der Waals surface area contributed by atoms with Gasteiger partial charge in [0.1, 0.15) is 0 Å². The highest BCUT2D eigenvalue weighted by atomic mass is 79.9. The highest BCUT2D eigenvalue weighted by Gasteiger charge is 2.22. The molecule has 1 aromatic carbocycles. The monoisotopic (exact) mass is 435 g/mol. The number of benzene rings is 1. The van der Waals surface area contributed by atoms with Gasteiger partial charge in [0.25, 0.3) is 5.91 Å². The van der Waals surface area contributed by atoms with E-state index in [0.717, 1.165) is 47.2 Å². The number of hydrogen-bond acceptors (Lipinski definition) is 4. The molecule has 0 bridgehead atoms. The van der Waals surface area contributed by atoms with Gasteiger partial charge in [0.2, 0.25) is 5.91 Å². The van der Waals surface area contributed by atoms with Crippen molar-refractivity contribution in [2.45, 2.75) is 25.8 Å². The zero-order valence-corrected chi connectivity index (χ0v) is 17.0. The molecule has 26 heavy (non-hydrogen) atoms. The van der Waals surface area contributed by atoms with Crippen LogP contribution in [0.25, 0.3) is 0 Å². The summed E-state index contributed by atoms with van der Waals surface area (Å²) in [4.78, 5) is 26.5. The smallest absolute Gasteiger partial charge is 0.252 e. The Bertz CT molecular complexity index is 771. The molecule has 0 aliphatic carbocycles. The van der Waals surface area contributed by atoms with Crippen molar-refractivity contribution in [1.82, 2.24) is 10.2 Å². The quantitative estimate of drug-likeness (QED) is 0.752. The SMILES string of the molecule is Cc1cc(Br)ccc1NC(=O)CN1CCC(NC(=O)c2ccsc2)CC1. The molecule has 138 valence electrons. The molecule has 1 saturated heterocycles. The molecule has 0 unspecified atom stereocenters. The van der Waals surface area contributed by atoms with Gasteiger partial charge in [0, 0.05) is 40.2 Å². The number of halogens is 1. The second-order valence-electron chi connectivity index (χ2n) is 6.54. The molecule has 2 heterocycles. The standard InChI is InChI=1S/C19H22BrN3O2S/c1-13-10-15(20)2-3-17(13)22-18(24)11-23-7-4-16(5-8-23)21-19(25)14-6-9-26-12-14/h2-3,6,9-10,12,16H,4-5,7-8,11H2,1H3,(H,21,25)(H,22,24). The van der Waals surface area contributed by atoms with E-state index in [2.05, 4.69) is 31.5 Å². The maximum absolute atomic E-state index is 12.3. The first-order valence-corrected chi connectivity index (χ1v) is 10.4. The summed E-state index contributed by atoms with van der Waals surface area (Å²) in [5.74, 6) is -0.00987. The van der Waals surface area contributed by atoms with Crippen LogP contribution in [0.2, 0.25) is 0 Å². The zero-order chi connectivity index (χ0) is 18.5. The summed E-state index contributed by atoms with van der Waals surface area (Å²) >= 11 is 4.95. The largest absolute Gasteiger partial charge is 0.349 e. The Morgan fingerprint density at radius 1 is 1.27 bits per heavy atom. The Morgan fingerprint density at radius 2 is 2.04 bits per heavy atom. The first kappa shape index (κ1) is 19.1. The third kappa shape index (κ3) is 5.16. The summed E-state index contributed by atoms with van der Waals surface area (Å²) in [6.45, 7) is 3.96. The molecule has 1 aromatic heterocycles. The lowest BCUT2D eigenvalue weighted by atomic mass is 10.0. The van der Waals surface area contributed by atoms with Gasteiger partial charge in [0.05, 0.1) is 6.54 Å². The molecule has 2 N–H and O–H groups in total. The Kier molecular flexibility index (Phi) is 6.45. The first-order chi connectivity index (χ1) is 12.5. The lowest BCUT2D eigenvalue weighted by molar-refractivity contribution is -0.117. The second kappa shape index (κ2) is 8.79. The van der Waals surface area contributed by atoms with Crippen molar-refractivity contribution in [1.29, 1.82) is 0 Å². The molecular weight excluding hydrogens is 414 g/mol. The number of nitrogens with one attached hydrogen (secondary N) is 2. The molecular formula is C19H22BrN3O2S. The first-order valence-electron chi connectivity index (χ1n) is 8.62. The topological polar surface area (TPSA) is 61.4 Å². The summed E-state index contributed by atoms with van der Waals surface area (Å²) < 4.78 is 1.000. The van der Waals surface area contributed by atoms with E-state index in [1.807, 2.05) is 41.9 Å². The van der Waals surface area contributed by atoms with Crippen LogP contribution in [0.15, 0.2) is 39.5 Å². The third-order valence-corrected chi connectivity index (χ3v) is 5.71. The van der Waals surface area contributed by atoms with Crippen LogP contribution in [0.3, 0.4) is 0 Å². The number of thiophene rings is 1. The molecule has 7 heteroatoms. The molecule has 5 nitrogen and oxygen atoms in total. The Labute approximate surface area is 165 Å². The van der Waals surface area contributed by atoms with Gasteiger partial charge in [-0.25, -0.2) is 0 Å². The van der Waals surface area contributed by atoms with E-state index in [-0.39, 0.29) is 17.9 Å². The van der Waals surface area contributed by atoms with E-state index in [1.165, 1.54) is 11.3 Å². The zero-order valence-electron chi connectivity index (χ0n) is 14.6. The van der Waals surface area contributed by atoms with Crippen LogP contribution in [0, 0.1) is 6.92 Å². The van der Waals surface area contributed by atoms with Crippen molar-refractivity contribution in [3.8, 4) is 0 Å².